The topological polar surface area (TPSA) is 66.5 Å². The summed E-state index contributed by atoms with van der Waals surface area (Å²) in [5.74, 6) is 0.685. The van der Waals surface area contributed by atoms with Crippen LogP contribution >= 0.6 is 22.7 Å². The summed E-state index contributed by atoms with van der Waals surface area (Å²) in [7, 11) is 0. The first-order chi connectivity index (χ1) is 8.92. The summed E-state index contributed by atoms with van der Waals surface area (Å²) in [6.07, 6.45) is 0. The summed E-state index contributed by atoms with van der Waals surface area (Å²) in [5.41, 5.74) is 1.30. The molecule has 0 atom stereocenters. The van der Waals surface area contributed by atoms with E-state index in [1.807, 2.05) is 0 Å². The van der Waals surface area contributed by atoms with Gasteiger partial charge in [-0.3, -0.25) is 0 Å². The minimum atomic E-state index is 0.628. The van der Waals surface area contributed by atoms with Gasteiger partial charge in [-0.1, -0.05) is 11.3 Å². The molecule has 3 aromatic rings. The first-order valence-corrected chi connectivity index (χ1v) is 7.22. The molecule has 3 heterocycles. The number of aromatic nitrogens is 4. The largest absolute Gasteiger partial charge is 0.305 e. The average molecular weight is 277 g/mol. The third-order valence-corrected chi connectivity index (χ3v) is 4.29. The maximum absolute atomic E-state index is 3.89. The van der Waals surface area contributed by atoms with Crippen LogP contribution in [0.15, 0.2) is 29.0 Å². The van der Waals surface area contributed by atoms with Crippen molar-refractivity contribution in [2.24, 2.45) is 0 Å². The second-order valence-electron chi connectivity index (χ2n) is 3.71. The van der Waals surface area contributed by atoms with Crippen LogP contribution in [0.4, 0.5) is 0 Å². The van der Waals surface area contributed by atoms with Gasteiger partial charge in [0.05, 0.1) is 6.54 Å². The predicted molar refractivity (Wildman–Crippen MR) is 72.4 cm³/mol. The van der Waals surface area contributed by atoms with Crippen LogP contribution < -0.4 is 5.32 Å². The first kappa shape index (κ1) is 11.5. The predicted octanol–water partition coefficient (Wildman–Crippen LogP) is 2.28. The highest BCUT2D eigenvalue weighted by atomic mass is 32.1. The number of thiophene rings is 2. The smallest absolute Gasteiger partial charge is 0.188 e. The van der Waals surface area contributed by atoms with E-state index in [0.29, 0.717) is 12.4 Å². The van der Waals surface area contributed by atoms with E-state index in [2.05, 4.69) is 54.9 Å². The monoisotopic (exact) mass is 277 g/mol. The fraction of sp³-hybridized carbons (Fsp3) is 0.182. The normalized spacial score (nSPS) is 10.9. The molecule has 3 rings (SSSR count). The van der Waals surface area contributed by atoms with Gasteiger partial charge < -0.3 is 5.32 Å². The molecule has 5 nitrogen and oxygen atoms in total. The molecule has 0 radical (unpaired) electrons. The van der Waals surface area contributed by atoms with Gasteiger partial charge in [-0.25, -0.2) is 0 Å². The Morgan fingerprint density at radius 1 is 1.28 bits per heavy atom. The first-order valence-electron chi connectivity index (χ1n) is 5.46. The Bertz CT molecular complexity index is 585. The van der Waals surface area contributed by atoms with E-state index < -0.39 is 0 Å². The Morgan fingerprint density at radius 2 is 2.28 bits per heavy atom. The average Bonchev–Trinajstić information content (AvgIpc) is 3.12. The van der Waals surface area contributed by atoms with E-state index in [1.165, 1.54) is 15.3 Å². The molecule has 0 aliphatic carbocycles. The SMILES string of the molecule is c1csc(-c2csc(CNCc3nn[nH]n3)c2)c1. The number of tetrazole rings is 1. The number of nitrogens with zero attached hydrogens (tertiary/aromatic N) is 3. The quantitative estimate of drug-likeness (QED) is 0.751. The Hall–Kier alpha value is -1.57. The van der Waals surface area contributed by atoms with Crippen molar-refractivity contribution in [3.05, 3.63) is 39.7 Å². The molecule has 3 aromatic heterocycles. The van der Waals surface area contributed by atoms with Gasteiger partial charge in [0.15, 0.2) is 5.82 Å². The number of H-pyrrole nitrogens is 1. The van der Waals surface area contributed by atoms with Crippen molar-refractivity contribution in [3.8, 4) is 10.4 Å². The summed E-state index contributed by atoms with van der Waals surface area (Å²) >= 11 is 3.53. The van der Waals surface area contributed by atoms with Crippen molar-refractivity contribution in [1.82, 2.24) is 25.9 Å². The van der Waals surface area contributed by atoms with Crippen LogP contribution in [-0.4, -0.2) is 20.6 Å². The number of aromatic amines is 1. The Labute approximate surface area is 112 Å². The summed E-state index contributed by atoms with van der Waals surface area (Å²) in [5, 5.41) is 21.3. The minimum absolute atomic E-state index is 0.628. The van der Waals surface area contributed by atoms with Gasteiger partial charge in [-0.15, -0.1) is 32.9 Å². The lowest BCUT2D eigenvalue weighted by Crippen LogP contribution is -2.12. The lowest BCUT2D eigenvalue weighted by Gasteiger charge is -1.97. The number of nitrogens with one attached hydrogen (secondary N) is 2. The molecule has 0 amide bonds. The fourth-order valence-corrected chi connectivity index (χ4v) is 3.24. The van der Waals surface area contributed by atoms with Crippen LogP contribution in [0.5, 0.6) is 0 Å². The summed E-state index contributed by atoms with van der Waals surface area (Å²) in [6, 6.07) is 6.44. The van der Waals surface area contributed by atoms with Crippen LogP contribution in [0.2, 0.25) is 0 Å². The highest BCUT2D eigenvalue weighted by molar-refractivity contribution is 7.14. The Morgan fingerprint density at radius 3 is 3.06 bits per heavy atom. The molecule has 92 valence electrons. The van der Waals surface area contributed by atoms with Gasteiger partial charge in [0.2, 0.25) is 0 Å². The number of rotatable bonds is 5. The second-order valence-corrected chi connectivity index (χ2v) is 5.65. The highest BCUT2D eigenvalue weighted by Gasteiger charge is 2.04. The van der Waals surface area contributed by atoms with Crippen molar-refractivity contribution in [2.45, 2.75) is 13.1 Å². The van der Waals surface area contributed by atoms with E-state index in [0.717, 1.165) is 6.54 Å². The molecule has 0 saturated carbocycles. The maximum Gasteiger partial charge on any atom is 0.188 e. The number of hydrogen-bond donors (Lipinski definition) is 2. The van der Waals surface area contributed by atoms with Crippen molar-refractivity contribution in [1.29, 1.82) is 0 Å². The Balaban J connectivity index is 1.57. The van der Waals surface area contributed by atoms with E-state index in [1.54, 1.807) is 22.7 Å². The van der Waals surface area contributed by atoms with E-state index in [-0.39, 0.29) is 0 Å². The molecule has 0 fully saturated rings. The van der Waals surface area contributed by atoms with Crippen molar-refractivity contribution < 1.29 is 0 Å². The molecule has 0 aliphatic rings. The standard InChI is InChI=1S/C11H11N5S2/c1-2-10(17-3-1)8-4-9(18-7-8)5-12-6-11-13-15-16-14-11/h1-4,7,12H,5-6H2,(H,13,14,15,16). The van der Waals surface area contributed by atoms with Gasteiger partial charge in [-0.05, 0) is 22.9 Å². The summed E-state index contributed by atoms with van der Waals surface area (Å²) in [4.78, 5) is 2.62. The van der Waals surface area contributed by atoms with Gasteiger partial charge in [0.25, 0.3) is 0 Å². The zero-order valence-electron chi connectivity index (χ0n) is 9.46. The highest BCUT2D eigenvalue weighted by Crippen LogP contribution is 2.29. The zero-order chi connectivity index (χ0) is 12.2. The van der Waals surface area contributed by atoms with Gasteiger partial charge >= 0.3 is 0 Å². The molecule has 0 aliphatic heterocycles. The van der Waals surface area contributed by atoms with Crippen molar-refractivity contribution in [3.63, 3.8) is 0 Å². The zero-order valence-corrected chi connectivity index (χ0v) is 11.1. The van der Waals surface area contributed by atoms with Crippen LogP contribution in [0.3, 0.4) is 0 Å². The van der Waals surface area contributed by atoms with E-state index in [4.69, 9.17) is 0 Å². The molecule has 0 aromatic carbocycles. The van der Waals surface area contributed by atoms with Gasteiger partial charge in [-0.2, -0.15) is 5.21 Å². The minimum Gasteiger partial charge on any atom is -0.305 e. The van der Waals surface area contributed by atoms with Crippen LogP contribution in [0, 0.1) is 0 Å². The molecule has 18 heavy (non-hydrogen) atoms. The molecule has 0 bridgehead atoms. The third kappa shape index (κ3) is 2.63. The lowest BCUT2D eigenvalue weighted by molar-refractivity contribution is 0.669. The molecule has 7 heteroatoms. The van der Waals surface area contributed by atoms with E-state index in [9.17, 15) is 0 Å². The van der Waals surface area contributed by atoms with Gasteiger partial charge in [0.1, 0.15) is 0 Å². The third-order valence-electron chi connectivity index (χ3n) is 2.43. The summed E-state index contributed by atoms with van der Waals surface area (Å²) in [6.45, 7) is 1.45. The van der Waals surface area contributed by atoms with Crippen LogP contribution in [-0.2, 0) is 13.1 Å². The van der Waals surface area contributed by atoms with Gasteiger partial charge in [0, 0.05) is 21.9 Å². The number of hydrogen-bond acceptors (Lipinski definition) is 6. The fourth-order valence-electron chi connectivity index (χ4n) is 1.60. The summed E-state index contributed by atoms with van der Waals surface area (Å²) < 4.78 is 0. The van der Waals surface area contributed by atoms with Crippen LogP contribution in [0.1, 0.15) is 10.7 Å². The van der Waals surface area contributed by atoms with E-state index >= 15 is 0 Å². The van der Waals surface area contributed by atoms with Crippen molar-refractivity contribution in [2.75, 3.05) is 0 Å². The second kappa shape index (κ2) is 5.38. The molecule has 0 saturated heterocycles. The molecular weight excluding hydrogens is 266 g/mol. The molecule has 0 spiro atoms. The molecule has 0 unspecified atom stereocenters. The van der Waals surface area contributed by atoms with Crippen molar-refractivity contribution >= 4 is 22.7 Å². The lowest BCUT2D eigenvalue weighted by atomic mass is 10.2. The Kier molecular flexibility index (Phi) is 3.44. The molecule has 2 N–H and O–H groups in total. The maximum atomic E-state index is 3.89. The molecular formula is C11H11N5S2. The van der Waals surface area contributed by atoms with Crippen LogP contribution in [0.25, 0.3) is 10.4 Å².